The van der Waals surface area contributed by atoms with Gasteiger partial charge in [-0.3, -0.25) is 13.7 Å². The van der Waals surface area contributed by atoms with E-state index in [1.54, 1.807) is 18.2 Å². The quantitative estimate of drug-likeness (QED) is 0.124. The molecule has 0 fully saturated rings. The second kappa shape index (κ2) is 14.4. The van der Waals surface area contributed by atoms with Gasteiger partial charge in [-0.2, -0.15) is 0 Å². The van der Waals surface area contributed by atoms with E-state index in [0.717, 1.165) is 44.4 Å². The summed E-state index contributed by atoms with van der Waals surface area (Å²) >= 11 is 0. The number of ether oxygens (including phenoxy) is 1. The Morgan fingerprint density at radius 2 is 1.35 bits per heavy atom. The fourth-order valence-corrected chi connectivity index (χ4v) is 8.13. The molecule has 3 heterocycles. The summed E-state index contributed by atoms with van der Waals surface area (Å²) < 4.78 is 81.0. The minimum Gasteiger partial charge on any atom is -0.458 e. The minimum absolute atomic E-state index is 0.0764. The first-order valence-electron chi connectivity index (χ1n) is 24.4. The molecule has 0 spiro atoms. The zero-order valence-corrected chi connectivity index (χ0v) is 35.7. The normalized spacial score (nSPS) is 14.6. The average molecular weight is 795 g/mol. The maximum atomic E-state index is 8.86. The molecule has 6 aromatic carbocycles. The van der Waals surface area contributed by atoms with Gasteiger partial charge >= 0.3 is 0 Å². The second-order valence-electron chi connectivity index (χ2n) is 18.7. The predicted octanol–water partition coefficient (Wildman–Crippen LogP) is 13.9. The first-order valence-corrected chi connectivity index (χ1v) is 20.4. The van der Waals surface area contributed by atoms with Gasteiger partial charge in [0, 0.05) is 27.1 Å². The van der Waals surface area contributed by atoms with Crippen LogP contribution in [-0.2, 0) is 16.2 Å². The lowest BCUT2D eigenvalue weighted by Gasteiger charge is -2.31. The van der Waals surface area contributed by atoms with Crippen molar-refractivity contribution >= 4 is 32.8 Å². The molecule has 0 aliphatic heterocycles. The molecule has 9 rings (SSSR count). The highest BCUT2D eigenvalue weighted by atomic mass is 16.5. The summed E-state index contributed by atoms with van der Waals surface area (Å²) in [5, 5.41) is 2.16. The highest BCUT2D eigenvalue weighted by Gasteiger charge is 2.29. The largest absolute Gasteiger partial charge is 0.458 e. The topological polar surface area (TPSA) is 35.9 Å². The SMILES string of the molecule is [2H]c1c([2H])c([2H])c(-c2ccc3c(c2)n(-c2cccc(Oc4ccc5c6ccccc6n(-c6cc(C(C)(C)C)ccn6)c5c4)c2)[c-][n+]3-c2c(C(C)(C)C)cc(C([2H])([2H])[2H])cc2C(C)(C)C)c([2H])c1[2H]. The zero-order valence-electron chi connectivity index (χ0n) is 43.7. The van der Waals surface area contributed by atoms with Crippen LogP contribution in [0.5, 0.6) is 11.5 Å². The Bertz CT molecular complexity index is 3430. The smallest absolute Gasteiger partial charge is 0.269 e. The molecule has 3 aromatic heterocycles. The van der Waals surface area contributed by atoms with Gasteiger partial charge in [0.2, 0.25) is 0 Å². The number of aromatic nitrogens is 4. The van der Waals surface area contributed by atoms with E-state index >= 15 is 0 Å². The number of nitrogens with zero attached hydrogens (tertiary/aromatic N) is 4. The number of hydrogen-bond donors (Lipinski definition) is 0. The van der Waals surface area contributed by atoms with E-state index in [9.17, 15) is 0 Å². The predicted molar refractivity (Wildman–Crippen MR) is 249 cm³/mol. The first-order chi connectivity index (χ1) is 31.8. The van der Waals surface area contributed by atoms with Gasteiger partial charge in [-0.1, -0.05) is 147 Å². The number of pyridine rings is 1. The molecule has 5 heteroatoms. The van der Waals surface area contributed by atoms with Gasteiger partial charge in [-0.05, 0) is 106 Å². The Morgan fingerprint density at radius 3 is 2.07 bits per heavy atom. The Kier molecular flexibility index (Phi) is 7.32. The average Bonchev–Trinajstić information content (AvgIpc) is 3.82. The highest BCUT2D eigenvalue weighted by molar-refractivity contribution is 6.09. The summed E-state index contributed by atoms with van der Waals surface area (Å²) in [7, 11) is 0. The molecule has 0 unspecified atom stereocenters. The van der Waals surface area contributed by atoms with Crippen LogP contribution < -0.4 is 9.30 Å². The summed E-state index contributed by atoms with van der Waals surface area (Å²) in [6.07, 6.45) is 5.51. The van der Waals surface area contributed by atoms with Gasteiger partial charge in [-0.15, -0.1) is 0 Å². The van der Waals surface area contributed by atoms with E-state index in [1.165, 1.54) is 5.56 Å². The molecule has 0 aliphatic carbocycles. The Morgan fingerprint density at radius 1 is 0.633 bits per heavy atom. The van der Waals surface area contributed by atoms with Crippen LogP contribution in [0.4, 0.5) is 0 Å². The Balaban J connectivity index is 1.25. The molecule has 9 aromatic rings. The number of hydrogen-bond acceptors (Lipinski definition) is 2. The summed E-state index contributed by atoms with van der Waals surface area (Å²) in [6, 6.07) is 33.3. The second-order valence-corrected chi connectivity index (χ2v) is 18.7. The van der Waals surface area contributed by atoms with Crippen LogP contribution in [0.25, 0.3) is 61.2 Å². The van der Waals surface area contributed by atoms with E-state index < -0.39 is 35.8 Å². The van der Waals surface area contributed by atoms with Gasteiger partial charge in [0.25, 0.3) is 6.33 Å². The summed E-state index contributed by atoms with van der Waals surface area (Å²) in [6.45, 7) is 16.6. The van der Waals surface area contributed by atoms with Gasteiger partial charge in [0.15, 0.2) is 0 Å². The third-order valence-corrected chi connectivity index (χ3v) is 11.2. The zero-order chi connectivity index (χ0) is 49.0. The molecule has 0 N–H and O–H groups in total. The van der Waals surface area contributed by atoms with Crippen molar-refractivity contribution < 1.29 is 20.3 Å². The van der Waals surface area contributed by atoms with Crippen LogP contribution in [0.3, 0.4) is 0 Å². The van der Waals surface area contributed by atoms with Crippen LogP contribution in [0, 0.1) is 13.2 Å². The Labute approximate surface area is 365 Å². The molecule has 5 nitrogen and oxygen atoms in total. The van der Waals surface area contributed by atoms with Gasteiger partial charge in [-0.25, -0.2) is 4.98 Å². The maximum Gasteiger partial charge on any atom is 0.269 e. The minimum atomic E-state index is -2.35. The molecule has 0 amide bonds. The number of imidazole rings is 1. The van der Waals surface area contributed by atoms with Crippen LogP contribution in [0.15, 0.2) is 146 Å². The third kappa shape index (κ3) is 7.06. The number of para-hydroxylation sites is 1. The van der Waals surface area contributed by atoms with E-state index in [-0.39, 0.29) is 28.6 Å². The molecular weight excluding hydrogens is 733 g/mol. The summed E-state index contributed by atoms with van der Waals surface area (Å²) in [4.78, 5) is 4.84. The van der Waals surface area contributed by atoms with Crippen molar-refractivity contribution in [3.8, 4) is 39.8 Å². The van der Waals surface area contributed by atoms with Crippen LogP contribution in [-0.4, -0.2) is 14.1 Å². The fourth-order valence-electron chi connectivity index (χ4n) is 8.13. The molecule has 0 bridgehead atoms. The standard InChI is InChI=1S/C55H54N4O/c1-36-29-45(54(5,6)7)52(46(30-36)55(8,9)10)58-35-57(50-31-38(23-26-48(50)58)37-17-12-11-13-18-37)40-19-16-20-41(33-40)60-42-24-25-44-43-21-14-15-22-47(43)59(49(44)34-42)51-32-39(27-28-56-51)53(2,3)4/h11-34H,1-10H3/i1D3,11D,12D,13D,17D,18D. The van der Waals surface area contributed by atoms with Gasteiger partial charge in [0.05, 0.1) is 40.3 Å². The van der Waals surface area contributed by atoms with Crippen molar-refractivity contribution in [2.45, 2.75) is 85.4 Å². The van der Waals surface area contributed by atoms with Crippen LogP contribution in [0.2, 0.25) is 0 Å². The summed E-state index contributed by atoms with van der Waals surface area (Å²) in [5.41, 5.74) is 7.24. The number of fused-ring (bicyclic) bond motifs is 4. The first kappa shape index (κ1) is 30.6. The van der Waals surface area contributed by atoms with Crippen molar-refractivity contribution in [3.63, 3.8) is 0 Å². The van der Waals surface area contributed by atoms with Crippen molar-refractivity contribution in [2.24, 2.45) is 0 Å². The lowest BCUT2D eigenvalue weighted by Crippen LogP contribution is -2.37. The van der Waals surface area contributed by atoms with E-state index in [4.69, 9.17) is 20.7 Å². The summed E-state index contributed by atoms with van der Waals surface area (Å²) in [5.74, 6) is 1.98. The number of benzene rings is 6. The molecule has 0 radical (unpaired) electrons. The van der Waals surface area contributed by atoms with Crippen molar-refractivity contribution in [2.75, 3.05) is 0 Å². The number of aryl methyl sites for hydroxylation is 1. The van der Waals surface area contributed by atoms with E-state index in [2.05, 4.69) is 104 Å². The fraction of sp³-hybridized carbons (Fsp3) is 0.236. The van der Waals surface area contributed by atoms with E-state index in [0.29, 0.717) is 33.8 Å². The molecule has 0 saturated heterocycles. The molecular formula is C55H54N4O. The highest BCUT2D eigenvalue weighted by Crippen LogP contribution is 2.39. The number of rotatable bonds is 6. The molecule has 300 valence electrons. The molecule has 0 aliphatic rings. The van der Waals surface area contributed by atoms with Gasteiger partial charge in [0.1, 0.15) is 17.3 Å². The van der Waals surface area contributed by atoms with Crippen LogP contribution in [0.1, 0.15) is 95.5 Å². The molecule has 60 heavy (non-hydrogen) atoms. The van der Waals surface area contributed by atoms with Crippen molar-refractivity contribution in [1.82, 2.24) is 14.1 Å². The Hall–Kier alpha value is -6.46. The molecule has 0 saturated carbocycles. The monoisotopic (exact) mass is 794 g/mol. The van der Waals surface area contributed by atoms with Crippen molar-refractivity contribution in [3.05, 3.63) is 174 Å². The van der Waals surface area contributed by atoms with E-state index in [1.807, 2.05) is 76.0 Å². The lowest BCUT2D eigenvalue weighted by atomic mass is 9.77. The lowest BCUT2D eigenvalue weighted by molar-refractivity contribution is -0.574. The maximum absolute atomic E-state index is 8.86. The third-order valence-electron chi connectivity index (χ3n) is 11.2. The van der Waals surface area contributed by atoms with Crippen LogP contribution >= 0.6 is 0 Å². The van der Waals surface area contributed by atoms with Crippen molar-refractivity contribution in [1.29, 1.82) is 0 Å². The van der Waals surface area contributed by atoms with Gasteiger partial charge < -0.3 is 4.74 Å². The molecule has 0 atom stereocenters.